The van der Waals surface area contributed by atoms with Gasteiger partial charge < -0.3 is 4.74 Å². The summed E-state index contributed by atoms with van der Waals surface area (Å²) in [6.07, 6.45) is 12.0. The van der Waals surface area contributed by atoms with Gasteiger partial charge in [-0.25, -0.2) is 0 Å². The highest BCUT2D eigenvalue weighted by molar-refractivity contribution is 5.91. The molecule has 0 radical (unpaired) electrons. The number of esters is 1. The molecule has 4 aliphatic carbocycles. The quantitative estimate of drug-likeness (QED) is 0.605. The Balaban J connectivity index is 1.23. The summed E-state index contributed by atoms with van der Waals surface area (Å²) in [7, 11) is 0. The van der Waals surface area contributed by atoms with Crippen LogP contribution < -0.4 is 0 Å². The number of rotatable bonds is 4. The van der Waals surface area contributed by atoms with Crippen LogP contribution in [0.15, 0.2) is 42.0 Å². The molecule has 3 fully saturated rings. The van der Waals surface area contributed by atoms with E-state index in [1.54, 1.807) is 0 Å². The van der Waals surface area contributed by atoms with Crippen LogP contribution in [0, 0.1) is 29.1 Å². The van der Waals surface area contributed by atoms with Gasteiger partial charge in [0.15, 0.2) is 5.78 Å². The third-order valence-corrected chi connectivity index (χ3v) is 8.95. The van der Waals surface area contributed by atoms with Crippen molar-refractivity contribution < 1.29 is 14.3 Å². The predicted molar refractivity (Wildman–Crippen MR) is 117 cm³/mol. The Morgan fingerprint density at radius 2 is 1.87 bits per heavy atom. The van der Waals surface area contributed by atoms with E-state index < -0.39 is 0 Å². The summed E-state index contributed by atoms with van der Waals surface area (Å²) in [5.41, 5.74) is 2.77. The van der Waals surface area contributed by atoms with Crippen LogP contribution >= 0.6 is 0 Å². The molecule has 3 nitrogen and oxygen atoms in total. The highest BCUT2D eigenvalue weighted by Crippen LogP contribution is 2.62. The first kappa shape index (κ1) is 20.0. The van der Waals surface area contributed by atoms with Gasteiger partial charge in [-0.1, -0.05) is 42.8 Å². The Morgan fingerprint density at radius 1 is 1.03 bits per heavy atom. The second-order valence-corrected chi connectivity index (χ2v) is 10.4. The summed E-state index contributed by atoms with van der Waals surface area (Å²) >= 11 is 0. The summed E-state index contributed by atoms with van der Waals surface area (Å²) < 4.78 is 6.11. The fraction of sp³-hybridized carbons (Fsp3) is 0.630. The van der Waals surface area contributed by atoms with Crippen molar-refractivity contribution >= 4 is 11.8 Å². The van der Waals surface area contributed by atoms with Crippen LogP contribution in [0.3, 0.4) is 0 Å². The van der Waals surface area contributed by atoms with Crippen molar-refractivity contribution in [3.8, 4) is 0 Å². The van der Waals surface area contributed by atoms with Crippen LogP contribution in [0.2, 0.25) is 0 Å². The van der Waals surface area contributed by atoms with E-state index in [2.05, 4.69) is 19.1 Å². The topological polar surface area (TPSA) is 43.4 Å². The summed E-state index contributed by atoms with van der Waals surface area (Å²) in [6, 6.07) is 10.2. The van der Waals surface area contributed by atoms with E-state index in [0.29, 0.717) is 24.0 Å². The lowest BCUT2D eigenvalue weighted by Gasteiger charge is -2.53. The minimum atomic E-state index is -0.0347. The van der Waals surface area contributed by atoms with Gasteiger partial charge >= 0.3 is 5.97 Å². The Hall–Kier alpha value is -1.90. The molecule has 5 rings (SSSR count). The molecule has 6 atom stereocenters. The van der Waals surface area contributed by atoms with Crippen molar-refractivity contribution in [3.05, 3.63) is 47.5 Å². The van der Waals surface area contributed by atoms with E-state index >= 15 is 0 Å². The lowest BCUT2D eigenvalue weighted by Crippen LogP contribution is -2.48. The SMILES string of the molecule is C[C@]12CC[C@@H]3C4CCC(=O)C=C4CC[C@H]3[C@@H]1CC[C@@H]2OC(=O)CCc1ccccc1. The first-order valence-electron chi connectivity index (χ1n) is 12.0. The van der Waals surface area contributed by atoms with E-state index in [9.17, 15) is 9.59 Å². The van der Waals surface area contributed by atoms with Gasteiger partial charge in [0.2, 0.25) is 0 Å². The number of fused-ring (bicyclic) bond motifs is 5. The van der Waals surface area contributed by atoms with Gasteiger partial charge in [0.05, 0.1) is 0 Å². The van der Waals surface area contributed by atoms with Gasteiger partial charge in [0.1, 0.15) is 6.10 Å². The van der Waals surface area contributed by atoms with Gasteiger partial charge in [-0.2, -0.15) is 0 Å². The van der Waals surface area contributed by atoms with Crippen LogP contribution in [0.25, 0.3) is 0 Å². The fourth-order valence-corrected chi connectivity index (χ4v) is 7.43. The van der Waals surface area contributed by atoms with Crippen LogP contribution in [-0.2, 0) is 20.7 Å². The molecule has 4 aliphatic rings. The zero-order chi connectivity index (χ0) is 20.7. The molecule has 30 heavy (non-hydrogen) atoms. The van der Waals surface area contributed by atoms with Gasteiger partial charge in [-0.3, -0.25) is 9.59 Å². The normalized spacial score (nSPS) is 37.6. The molecule has 0 heterocycles. The molecule has 0 bridgehead atoms. The maximum atomic E-state index is 12.6. The van der Waals surface area contributed by atoms with Gasteiger partial charge in [0, 0.05) is 18.3 Å². The number of hydrogen-bond acceptors (Lipinski definition) is 3. The van der Waals surface area contributed by atoms with Gasteiger partial charge in [0.25, 0.3) is 0 Å². The molecule has 0 aliphatic heterocycles. The molecule has 0 saturated heterocycles. The maximum absolute atomic E-state index is 12.6. The largest absolute Gasteiger partial charge is 0.462 e. The van der Waals surface area contributed by atoms with Crippen molar-refractivity contribution in [3.63, 3.8) is 0 Å². The van der Waals surface area contributed by atoms with Crippen LogP contribution in [-0.4, -0.2) is 17.9 Å². The van der Waals surface area contributed by atoms with Crippen molar-refractivity contribution in [2.75, 3.05) is 0 Å². The summed E-state index contributed by atoms with van der Waals surface area (Å²) in [4.78, 5) is 24.5. The number of hydrogen-bond donors (Lipinski definition) is 0. The van der Waals surface area contributed by atoms with E-state index in [0.717, 1.165) is 50.4 Å². The van der Waals surface area contributed by atoms with E-state index in [1.165, 1.54) is 30.4 Å². The van der Waals surface area contributed by atoms with Gasteiger partial charge in [-0.15, -0.1) is 0 Å². The molecule has 1 aromatic rings. The zero-order valence-electron chi connectivity index (χ0n) is 18.1. The highest BCUT2D eigenvalue weighted by Gasteiger charge is 2.57. The molecular weight excluding hydrogens is 372 g/mol. The zero-order valence-corrected chi connectivity index (χ0v) is 18.1. The average Bonchev–Trinajstić information content (AvgIpc) is 3.09. The smallest absolute Gasteiger partial charge is 0.306 e. The first-order chi connectivity index (χ1) is 14.5. The first-order valence-corrected chi connectivity index (χ1v) is 12.0. The van der Waals surface area contributed by atoms with E-state index in [-0.39, 0.29) is 17.5 Å². The molecular formula is C27H34O3. The van der Waals surface area contributed by atoms with Gasteiger partial charge in [-0.05, 0) is 86.7 Å². The summed E-state index contributed by atoms with van der Waals surface area (Å²) in [5, 5.41) is 0. The molecule has 3 saturated carbocycles. The molecule has 0 aromatic heterocycles. The Bertz CT molecular complexity index is 841. The van der Waals surface area contributed by atoms with Crippen molar-refractivity contribution in [2.24, 2.45) is 29.1 Å². The number of ether oxygens (including phenoxy) is 1. The predicted octanol–water partition coefficient (Wildman–Crippen LogP) is 5.67. The second kappa shape index (κ2) is 7.98. The third kappa shape index (κ3) is 3.55. The molecule has 0 amide bonds. The number of allylic oxidation sites excluding steroid dienone is 1. The monoisotopic (exact) mass is 406 g/mol. The standard InChI is InChI=1S/C27H34O3/c1-27-16-15-22-21-11-9-20(28)17-19(21)8-10-23(22)24(27)12-13-25(27)30-26(29)14-7-18-5-3-2-4-6-18/h2-6,17,21-25H,7-16H2,1H3/t21?,22-,23-,24+,25+,27+/m1/s1. The molecule has 0 N–H and O–H groups in total. The van der Waals surface area contributed by atoms with E-state index in [4.69, 9.17) is 4.74 Å². The molecule has 1 aromatic carbocycles. The highest BCUT2D eigenvalue weighted by atomic mass is 16.5. The van der Waals surface area contributed by atoms with Crippen molar-refractivity contribution in [1.29, 1.82) is 0 Å². The molecule has 3 heteroatoms. The second-order valence-electron chi connectivity index (χ2n) is 10.4. The minimum absolute atomic E-state index is 0.0347. The molecule has 0 spiro atoms. The number of benzene rings is 1. The number of carbonyl (C=O) groups excluding carboxylic acids is 2. The third-order valence-electron chi connectivity index (χ3n) is 8.95. The fourth-order valence-electron chi connectivity index (χ4n) is 7.43. The van der Waals surface area contributed by atoms with Crippen molar-refractivity contribution in [1.82, 2.24) is 0 Å². The Labute approximate surface area is 180 Å². The van der Waals surface area contributed by atoms with E-state index in [1.807, 2.05) is 24.3 Å². The number of carbonyl (C=O) groups is 2. The lowest BCUT2D eigenvalue weighted by molar-refractivity contribution is -0.158. The Kier molecular flexibility index (Phi) is 5.33. The number of aryl methyl sites for hydroxylation is 1. The maximum Gasteiger partial charge on any atom is 0.306 e. The summed E-state index contributed by atoms with van der Waals surface area (Å²) in [6.45, 7) is 2.39. The average molecular weight is 407 g/mol. The number of ketones is 1. The minimum Gasteiger partial charge on any atom is -0.462 e. The van der Waals surface area contributed by atoms with Crippen molar-refractivity contribution in [2.45, 2.75) is 77.2 Å². The Morgan fingerprint density at radius 3 is 2.70 bits per heavy atom. The van der Waals surface area contributed by atoms with Crippen LogP contribution in [0.4, 0.5) is 0 Å². The van der Waals surface area contributed by atoms with Crippen LogP contribution in [0.1, 0.15) is 70.3 Å². The summed E-state index contributed by atoms with van der Waals surface area (Å²) in [5.74, 6) is 3.09. The lowest BCUT2D eigenvalue weighted by atomic mass is 9.52. The van der Waals surface area contributed by atoms with Crippen LogP contribution in [0.5, 0.6) is 0 Å². The molecule has 1 unspecified atom stereocenters. The molecule has 160 valence electrons.